The molecule has 0 bridgehead atoms. The lowest BCUT2D eigenvalue weighted by atomic mass is 10.5. The third-order valence-corrected chi connectivity index (χ3v) is 3.99. The Morgan fingerprint density at radius 1 is 1.37 bits per heavy atom. The Hall–Kier alpha value is -1.61. The van der Waals surface area contributed by atoms with Crippen LogP contribution in [0.5, 0.6) is 0 Å². The van der Waals surface area contributed by atoms with Gasteiger partial charge in [-0.3, -0.25) is 4.79 Å². The first-order valence-electron chi connectivity index (χ1n) is 5.46. The molecule has 0 aromatic rings. The number of amides is 2. The van der Waals surface area contributed by atoms with Crippen LogP contribution in [0.4, 0.5) is 4.79 Å². The molecule has 0 aromatic heterocycles. The standard InChI is InChI=1S/C10H19N3O5S/c1-4-6-13(8-9(14)15)10(16)11-5-7-19(17,18)12(2)3/h4H,1,5-8H2,2-3H3,(H,11,16)(H,14,15). The van der Waals surface area contributed by atoms with Gasteiger partial charge in [-0.25, -0.2) is 17.5 Å². The number of carbonyl (C=O) groups is 2. The van der Waals surface area contributed by atoms with Crippen LogP contribution in [-0.4, -0.2) is 74.2 Å². The third kappa shape index (κ3) is 6.77. The summed E-state index contributed by atoms with van der Waals surface area (Å²) in [6, 6.07) is -0.642. The van der Waals surface area contributed by atoms with Gasteiger partial charge >= 0.3 is 12.0 Å². The number of rotatable bonds is 8. The van der Waals surface area contributed by atoms with Crippen LogP contribution < -0.4 is 5.32 Å². The number of carboxylic acid groups (broad SMARTS) is 1. The molecule has 0 aromatic carbocycles. The van der Waals surface area contributed by atoms with E-state index < -0.39 is 28.6 Å². The van der Waals surface area contributed by atoms with E-state index in [-0.39, 0.29) is 18.8 Å². The van der Waals surface area contributed by atoms with Gasteiger partial charge in [0.1, 0.15) is 6.54 Å². The van der Waals surface area contributed by atoms with Gasteiger partial charge in [-0.1, -0.05) is 6.08 Å². The molecule has 0 aliphatic rings. The molecular weight excluding hydrogens is 274 g/mol. The smallest absolute Gasteiger partial charge is 0.323 e. The molecule has 0 heterocycles. The molecule has 0 saturated heterocycles. The lowest BCUT2D eigenvalue weighted by Gasteiger charge is -2.19. The summed E-state index contributed by atoms with van der Waals surface area (Å²) >= 11 is 0. The van der Waals surface area contributed by atoms with Crippen molar-refractivity contribution in [3.05, 3.63) is 12.7 Å². The number of carboxylic acids is 1. The number of hydrogen-bond donors (Lipinski definition) is 2. The van der Waals surface area contributed by atoms with Crippen molar-refractivity contribution >= 4 is 22.0 Å². The number of urea groups is 1. The Morgan fingerprint density at radius 3 is 2.37 bits per heavy atom. The minimum Gasteiger partial charge on any atom is -0.480 e. The quantitative estimate of drug-likeness (QED) is 0.567. The molecule has 0 spiro atoms. The summed E-state index contributed by atoms with van der Waals surface area (Å²) in [7, 11) is -0.602. The second kappa shape index (κ2) is 7.74. The maximum Gasteiger partial charge on any atom is 0.323 e. The second-order valence-electron chi connectivity index (χ2n) is 3.89. The predicted molar refractivity (Wildman–Crippen MR) is 70.3 cm³/mol. The average Bonchev–Trinajstić information content (AvgIpc) is 2.27. The molecule has 110 valence electrons. The SMILES string of the molecule is C=CCN(CC(=O)O)C(=O)NCCS(=O)(=O)N(C)C. The molecule has 2 N–H and O–H groups in total. The van der Waals surface area contributed by atoms with E-state index >= 15 is 0 Å². The summed E-state index contributed by atoms with van der Waals surface area (Å²) in [6.07, 6.45) is 1.39. The number of nitrogens with zero attached hydrogens (tertiary/aromatic N) is 2. The molecule has 0 aliphatic carbocycles. The van der Waals surface area contributed by atoms with Crippen molar-refractivity contribution in [3.8, 4) is 0 Å². The first-order chi connectivity index (χ1) is 8.70. The third-order valence-electron chi connectivity index (χ3n) is 2.16. The Bertz CT molecular complexity index is 432. The van der Waals surface area contributed by atoms with E-state index in [0.717, 1.165) is 9.21 Å². The molecule has 0 atom stereocenters. The van der Waals surface area contributed by atoms with Gasteiger partial charge in [0.05, 0.1) is 5.75 Å². The van der Waals surface area contributed by atoms with Crippen molar-refractivity contribution in [1.82, 2.24) is 14.5 Å². The van der Waals surface area contributed by atoms with Crippen LogP contribution in [0.3, 0.4) is 0 Å². The highest BCUT2D eigenvalue weighted by Crippen LogP contribution is 1.94. The summed E-state index contributed by atoms with van der Waals surface area (Å²) in [4.78, 5) is 23.2. The van der Waals surface area contributed by atoms with Gasteiger partial charge < -0.3 is 15.3 Å². The zero-order valence-electron chi connectivity index (χ0n) is 11.0. The summed E-state index contributed by atoms with van der Waals surface area (Å²) in [5, 5.41) is 11.0. The second-order valence-corrected chi connectivity index (χ2v) is 6.20. The molecule has 0 rings (SSSR count). The van der Waals surface area contributed by atoms with E-state index in [1.165, 1.54) is 20.2 Å². The van der Waals surface area contributed by atoms with Crippen LogP contribution in [0.2, 0.25) is 0 Å². The molecule has 0 aliphatic heterocycles. The molecule has 0 radical (unpaired) electrons. The molecule has 19 heavy (non-hydrogen) atoms. The van der Waals surface area contributed by atoms with Crippen molar-refractivity contribution in [3.63, 3.8) is 0 Å². The molecule has 2 amide bonds. The number of aliphatic carboxylic acids is 1. The van der Waals surface area contributed by atoms with Crippen LogP contribution in [0, 0.1) is 0 Å². The van der Waals surface area contributed by atoms with Crippen LogP contribution in [-0.2, 0) is 14.8 Å². The molecular formula is C10H19N3O5S. The fraction of sp³-hybridized carbons (Fsp3) is 0.600. The minimum absolute atomic E-state index is 0.0680. The highest BCUT2D eigenvalue weighted by molar-refractivity contribution is 7.89. The fourth-order valence-corrected chi connectivity index (χ4v) is 1.84. The van der Waals surface area contributed by atoms with Crippen molar-refractivity contribution in [2.45, 2.75) is 0 Å². The maximum absolute atomic E-state index is 11.6. The first-order valence-corrected chi connectivity index (χ1v) is 7.07. The molecule has 0 saturated carbocycles. The van der Waals surface area contributed by atoms with Gasteiger partial charge in [-0.05, 0) is 0 Å². The van der Waals surface area contributed by atoms with E-state index in [2.05, 4.69) is 11.9 Å². The number of carbonyl (C=O) groups excluding carboxylic acids is 1. The summed E-state index contributed by atoms with van der Waals surface area (Å²) < 4.78 is 23.9. The first kappa shape index (κ1) is 17.4. The highest BCUT2D eigenvalue weighted by atomic mass is 32.2. The van der Waals surface area contributed by atoms with E-state index in [0.29, 0.717) is 0 Å². The minimum atomic E-state index is -3.39. The molecule has 0 unspecified atom stereocenters. The largest absolute Gasteiger partial charge is 0.480 e. The van der Waals surface area contributed by atoms with Gasteiger partial charge in [0.25, 0.3) is 0 Å². The fourth-order valence-electron chi connectivity index (χ4n) is 1.12. The summed E-state index contributed by atoms with van der Waals surface area (Å²) in [5.41, 5.74) is 0. The number of sulfonamides is 1. The highest BCUT2D eigenvalue weighted by Gasteiger charge is 2.17. The molecule has 9 heteroatoms. The van der Waals surface area contributed by atoms with E-state index in [4.69, 9.17) is 5.11 Å². The topological polar surface area (TPSA) is 107 Å². The Balaban J connectivity index is 4.35. The van der Waals surface area contributed by atoms with Crippen LogP contribution in [0.15, 0.2) is 12.7 Å². The van der Waals surface area contributed by atoms with Gasteiger partial charge in [-0.15, -0.1) is 6.58 Å². The lowest BCUT2D eigenvalue weighted by Crippen LogP contribution is -2.44. The lowest BCUT2D eigenvalue weighted by molar-refractivity contribution is -0.137. The zero-order valence-corrected chi connectivity index (χ0v) is 11.8. The van der Waals surface area contributed by atoms with E-state index in [1.54, 1.807) is 0 Å². The van der Waals surface area contributed by atoms with Crippen LogP contribution in [0.25, 0.3) is 0 Å². The monoisotopic (exact) mass is 293 g/mol. The summed E-state index contributed by atoms with van der Waals surface area (Å²) in [5.74, 6) is -1.40. The van der Waals surface area contributed by atoms with Gasteiger partial charge in [-0.2, -0.15) is 0 Å². The van der Waals surface area contributed by atoms with Crippen molar-refractivity contribution in [2.75, 3.05) is 39.5 Å². The van der Waals surface area contributed by atoms with Crippen molar-refractivity contribution < 1.29 is 23.1 Å². The molecule has 8 nitrogen and oxygen atoms in total. The normalized spacial score (nSPS) is 11.1. The zero-order chi connectivity index (χ0) is 15.1. The van der Waals surface area contributed by atoms with E-state index in [9.17, 15) is 18.0 Å². The Kier molecular flexibility index (Phi) is 7.09. The van der Waals surface area contributed by atoms with Gasteiger partial charge in [0.15, 0.2) is 0 Å². The Labute approximate surface area is 112 Å². The number of nitrogens with one attached hydrogen (secondary N) is 1. The molecule has 0 fully saturated rings. The van der Waals surface area contributed by atoms with Crippen LogP contribution >= 0.6 is 0 Å². The maximum atomic E-state index is 11.6. The Morgan fingerprint density at radius 2 is 1.95 bits per heavy atom. The van der Waals surface area contributed by atoms with E-state index in [1.807, 2.05) is 0 Å². The number of hydrogen-bond acceptors (Lipinski definition) is 4. The predicted octanol–water partition coefficient (Wildman–Crippen LogP) is -0.840. The summed E-state index contributed by atoms with van der Waals surface area (Å²) in [6.45, 7) is 2.92. The van der Waals surface area contributed by atoms with Gasteiger partial charge in [0, 0.05) is 27.2 Å². The van der Waals surface area contributed by atoms with Crippen molar-refractivity contribution in [1.29, 1.82) is 0 Å². The van der Waals surface area contributed by atoms with Crippen LogP contribution in [0.1, 0.15) is 0 Å². The van der Waals surface area contributed by atoms with Gasteiger partial charge in [0.2, 0.25) is 10.0 Å². The van der Waals surface area contributed by atoms with Crippen molar-refractivity contribution in [2.24, 2.45) is 0 Å². The average molecular weight is 293 g/mol.